The second kappa shape index (κ2) is 24.8. The molecule has 0 heterocycles. The van der Waals surface area contributed by atoms with E-state index in [1.807, 2.05) is 30.3 Å². The Hall–Kier alpha value is -2.32. The highest BCUT2D eigenvalue weighted by Crippen LogP contribution is 2.15. The Morgan fingerprint density at radius 1 is 0.638 bits per heavy atom. The Bertz CT molecular complexity index is 1030. The number of carbonyl (C=O) groups is 1. The Labute approximate surface area is 279 Å². The second-order valence-electron chi connectivity index (χ2n) is 12.9. The molecule has 1 aromatic rings. The van der Waals surface area contributed by atoms with Crippen molar-refractivity contribution in [3.63, 3.8) is 0 Å². The van der Waals surface area contributed by atoms with Gasteiger partial charge < -0.3 is 46.0 Å². The minimum atomic E-state index is -1.03. The van der Waals surface area contributed by atoms with Gasteiger partial charge >= 0.3 is 0 Å². The number of benzene rings is 1. The van der Waals surface area contributed by atoms with Crippen LogP contribution in [0, 0.1) is 5.92 Å². The first kappa shape index (κ1) is 42.7. The number of aliphatic hydroxyl groups excluding tert-OH is 9. The van der Waals surface area contributed by atoms with Crippen LogP contribution in [0.5, 0.6) is 0 Å². The van der Waals surface area contributed by atoms with Gasteiger partial charge in [0, 0.05) is 37.9 Å². The van der Waals surface area contributed by atoms with Gasteiger partial charge in [0.15, 0.2) is 0 Å². The van der Waals surface area contributed by atoms with Crippen molar-refractivity contribution in [3.8, 4) is 0 Å². The number of ketones is 1. The van der Waals surface area contributed by atoms with Crippen molar-refractivity contribution in [2.24, 2.45) is 10.9 Å². The quantitative estimate of drug-likeness (QED) is 0.0399. The highest BCUT2D eigenvalue weighted by Gasteiger charge is 2.20. The largest absolute Gasteiger partial charge is 0.393 e. The molecule has 9 unspecified atom stereocenters. The molecule has 0 fully saturated rings. The molecule has 0 saturated heterocycles. The van der Waals surface area contributed by atoms with Crippen molar-refractivity contribution in [2.75, 3.05) is 6.54 Å². The molecule has 9 atom stereocenters. The van der Waals surface area contributed by atoms with Gasteiger partial charge in [-0.2, -0.15) is 0 Å². The fourth-order valence-corrected chi connectivity index (χ4v) is 5.03. The molecule has 0 amide bonds. The van der Waals surface area contributed by atoms with Crippen LogP contribution in [0.1, 0.15) is 90.0 Å². The first-order chi connectivity index (χ1) is 22.2. The highest BCUT2D eigenvalue weighted by molar-refractivity contribution is 5.80. The third kappa shape index (κ3) is 22.8. The van der Waals surface area contributed by atoms with E-state index in [4.69, 9.17) is 0 Å². The van der Waals surface area contributed by atoms with Gasteiger partial charge in [-0.05, 0) is 56.9 Å². The predicted molar refractivity (Wildman–Crippen MR) is 182 cm³/mol. The molecule has 1 rings (SSSR count). The van der Waals surface area contributed by atoms with Crippen LogP contribution in [0.3, 0.4) is 0 Å². The average molecular weight is 666 g/mol. The van der Waals surface area contributed by atoms with Crippen LogP contribution in [-0.4, -0.2) is 119 Å². The van der Waals surface area contributed by atoms with Crippen LogP contribution in [0.4, 0.5) is 0 Å². The summed E-state index contributed by atoms with van der Waals surface area (Å²) < 4.78 is 0. The normalized spacial score (nSPS) is 18.4. The van der Waals surface area contributed by atoms with E-state index < -0.39 is 54.9 Å². The summed E-state index contributed by atoms with van der Waals surface area (Å²) in [5.74, 6) is -0.307. The van der Waals surface area contributed by atoms with E-state index in [1.165, 1.54) is 18.2 Å². The number of nitrogens with zero attached hydrogens (tertiary/aromatic N) is 1. The number of Topliss-reactive ketones (excluding diaryl/α,β-unsaturated/α-hetero) is 1. The lowest BCUT2D eigenvalue weighted by atomic mass is 9.97. The van der Waals surface area contributed by atoms with Gasteiger partial charge in [0.05, 0.1) is 54.9 Å². The molecule has 0 aliphatic heterocycles. The van der Waals surface area contributed by atoms with E-state index in [0.717, 1.165) is 5.56 Å². The molecule has 47 heavy (non-hydrogen) atoms. The van der Waals surface area contributed by atoms with Crippen LogP contribution in [-0.2, 0) is 4.79 Å². The monoisotopic (exact) mass is 665 g/mol. The standard InChI is InChI=1S/C36H59NO10/c1-25(2)36(47)23-35(46)22-34(45)20-30(41)14-7-13-29(40)19-33(44)21-32(43)18-28(39)12-6-11-27(38)17-31(42)15-8-16-37-24-26-9-4-3-5-10-26/h3-7,9-10,12,14,24-25,27-35,38-46H,8,11,13,15-23H2,1-2H3/b12-6+,14-7+,37-24+. The molecular formula is C36H59NO10. The number of hydrogen-bond acceptors (Lipinski definition) is 11. The molecule has 1 aromatic carbocycles. The molecule has 11 nitrogen and oxygen atoms in total. The van der Waals surface area contributed by atoms with Gasteiger partial charge in [-0.15, -0.1) is 0 Å². The summed E-state index contributed by atoms with van der Waals surface area (Å²) in [5, 5.41) is 91.4. The van der Waals surface area contributed by atoms with Gasteiger partial charge in [0.1, 0.15) is 5.78 Å². The summed E-state index contributed by atoms with van der Waals surface area (Å²) in [5.41, 5.74) is 1.01. The van der Waals surface area contributed by atoms with Crippen molar-refractivity contribution in [3.05, 3.63) is 60.2 Å². The summed E-state index contributed by atoms with van der Waals surface area (Å²) in [4.78, 5) is 16.0. The molecule has 11 heteroatoms. The summed E-state index contributed by atoms with van der Waals surface area (Å²) in [6.07, 6.45) is 0.772. The number of rotatable bonds is 26. The number of aliphatic imine (C=N–C) groups is 1. The van der Waals surface area contributed by atoms with Crippen molar-refractivity contribution in [1.82, 2.24) is 0 Å². The summed E-state index contributed by atoms with van der Waals surface area (Å²) in [7, 11) is 0. The molecule has 0 aliphatic carbocycles. The second-order valence-corrected chi connectivity index (χ2v) is 12.9. The molecule has 0 aliphatic rings. The predicted octanol–water partition coefficient (Wildman–Crippen LogP) is 1.98. The Balaban J connectivity index is 2.22. The number of carbonyl (C=O) groups excluding carboxylic acids is 1. The van der Waals surface area contributed by atoms with Crippen molar-refractivity contribution >= 4 is 12.0 Å². The lowest BCUT2D eigenvalue weighted by Gasteiger charge is -2.19. The average Bonchev–Trinajstić information content (AvgIpc) is 2.96. The first-order valence-corrected chi connectivity index (χ1v) is 16.8. The Kier molecular flexibility index (Phi) is 22.5. The van der Waals surface area contributed by atoms with Crippen LogP contribution in [0.25, 0.3) is 0 Å². The minimum absolute atomic E-state index is 0.0317. The van der Waals surface area contributed by atoms with E-state index in [1.54, 1.807) is 26.1 Å². The number of hydrogen-bond donors (Lipinski definition) is 9. The van der Waals surface area contributed by atoms with Crippen LogP contribution < -0.4 is 0 Å². The van der Waals surface area contributed by atoms with Crippen LogP contribution in [0.2, 0.25) is 0 Å². The topological polar surface area (TPSA) is 212 Å². The van der Waals surface area contributed by atoms with Crippen molar-refractivity contribution < 1.29 is 50.8 Å². The van der Waals surface area contributed by atoms with E-state index in [2.05, 4.69) is 4.99 Å². The third-order valence-electron chi connectivity index (χ3n) is 7.68. The lowest BCUT2D eigenvalue weighted by molar-refractivity contribution is -0.124. The maximum Gasteiger partial charge on any atom is 0.137 e. The van der Waals surface area contributed by atoms with Gasteiger partial charge in [-0.3, -0.25) is 9.79 Å². The number of aliphatic hydroxyl groups is 9. The zero-order valence-electron chi connectivity index (χ0n) is 27.9. The van der Waals surface area contributed by atoms with E-state index in [0.29, 0.717) is 19.4 Å². The first-order valence-electron chi connectivity index (χ1n) is 16.8. The van der Waals surface area contributed by atoms with Gasteiger partial charge in [0.25, 0.3) is 0 Å². The fourth-order valence-electron chi connectivity index (χ4n) is 5.03. The van der Waals surface area contributed by atoms with Crippen molar-refractivity contribution in [2.45, 2.75) is 139 Å². The van der Waals surface area contributed by atoms with Gasteiger partial charge in [-0.1, -0.05) is 68.5 Å². The SMILES string of the molecule is CC(C)C(=O)CC(O)CC(O)CC(O)/C=C/CC(O)CC(O)CC(O)CC(O)/C=C/CC(O)CC(O)CCC/N=C/c1ccccc1. The summed E-state index contributed by atoms with van der Waals surface area (Å²) in [6.45, 7) is 4.05. The maximum atomic E-state index is 11.7. The molecule has 268 valence electrons. The van der Waals surface area contributed by atoms with E-state index in [9.17, 15) is 50.8 Å². The van der Waals surface area contributed by atoms with Crippen LogP contribution in [0.15, 0.2) is 59.6 Å². The summed E-state index contributed by atoms with van der Waals surface area (Å²) >= 11 is 0. The smallest absolute Gasteiger partial charge is 0.137 e. The van der Waals surface area contributed by atoms with E-state index in [-0.39, 0.29) is 69.5 Å². The molecule has 0 radical (unpaired) electrons. The lowest BCUT2D eigenvalue weighted by Crippen LogP contribution is -2.25. The molecule has 0 aromatic heterocycles. The summed E-state index contributed by atoms with van der Waals surface area (Å²) in [6, 6.07) is 9.73. The zero-order chi connectivity index (χ0) is 35.2. The fraction of sp³-hybridized carbons (Fsp3) is 0.667. The highest BCUT2D eigenvalue weighted by atomic mass is 16.3. The Morgan fingerprint density at radius 2 is 1.11 bits per heavy atom. The van der Waals surface area contributed by atoms with Gasteiger partial charge in [0.2, 0.25) is 0 Å². The zero-order valence-corrected chi connectivity index (χ0v) is 27.9. The van der Waals surface area contributed by atoms with Crippen LogP contribution >= 0.6 is 0 Å². The maximum absolute atomic E-state index is 11.7. The van der Waals surface area contributed by atoms with Crippen molar-refractivity contribution in [1.29, 1.82) is 0 Å². The molecule has 9 N–H and O–H groups in total. The molecule has 0 bridgehead atoms. The Morgan fingerprint density at radius 3 is 1.64 bits per heavy atom. The molecular weight excluding hydrogens is 606 g/mol. The third-order valence-corrected chi connectivity index (χ3v) is 7.68. The molecule has 0 spiro atoms. The molecule has 0 saturated carbocycles. The van der Waals surface area contributed by atoms with E-state index >= 15 is 0 Å². The minimum Gasteiger partial charge on any atom is -0.393 e. The van der Waals surface area contributed by atoms with Gasteiger partial charge in [-0.25, -0.2) is 0 Å².